The lowest BCUT2D eigenvalue weighted by atomic mass is 10.1. The molecular weight excluding hydrogens is 221 g/mol. The largest absolute Gasteiger partial charge is 0.414 e. The molecule has 92 valence electrons. The van der Waals surface area contributed by atoms with E-state index in [1.807, 2.05) is 6.92 Å². The molecule has 0 aliphatic carbocycles. The maximum Gasteiger partial charge on any atom is 0.414 e. The highest BCUT2D eigenvalue weighted by molar-refractivity contribution is 5.25. The second-order valence-corrected chi connectivity index (χ2v) is 3.73. The minimum Gasteiger partial charge on any atom is -0.383 e. The molecule has 16 heavy (non-hydrogen) atoms. The van der Waals surface area contributed by atoms with Gasteiger partial charge >= 0.3 is 6.18 Å². The number of hydrogen-bond donors (Lipinski definition) is 1. The number of aliphatic hydroxyl groups is 1. The summed E-state index contributed by atoms with van der Waals surface area (Å²) in [5, 5.41) is 13.1. The van der Waals surface area contributed by atoms with Crippen LogP contribution in [0.5, 0.6) is 0 Å². The van der Waals surface area contributed by atoms with Gasteiger partial charge in [0.05, 0.1) is 5.69 Å². The number of halogens is 3. The van der Waals surface area contributed by atoms with E-state index in [1.54, 1.807) is 18.5 Å². The Morgan fingerprint density at radius 2 is 1.94 bits per heavy atom. The maximum absolute atomic E-state index is 12.2. The Morgan fingerprint density at radius 1 is 1.38 bits per heavy atom. The fraction of sp³-hybridized carbons (Fsp3) is 0.700. The summed E-state index contributed by atoms with van der Waals surface area (Å²) >= 11 is 0. The first kappa shape index (κ1) is 13.0. The second kappa shape index (κ2) is 4.45. The molecule has 0 saturated carbocycles. The summed E-state index contributed by atoms with van der Waals surface area (Å²) in [5.41, 5.74) is 1.71. The summed E-state index contributed by atoms with van der Waals surface area (Å²) in [7, 11) is 0. The Hall–Kier alpha value is -1.04. The summed E-state index contributed by atoms with van der Waals surface area (Å²) in [6, 6.07) is 0. The first-order valence-electron chi connectivity index (χ1n) is 5.05. The van der Waals surface area contributed by atoms with Gasteiger partial charge in [-0.3, -0.25) is 4.68 Å². The van der Waals surface area contributed by atoms with Gasteiger partial charge in [-0.15, -0.1) is 0 Å². The Kier molecular flexibility index (Phi) is 3.62. The number of aromatic nitrogens is 2. The molecule has 0 amide bonds. The Labute approximate surface area is 91.9 Å². The Morgan fingerprint density at radius 3 is 2.31 bits per heavy atom. The molecule has 1 aromatic heterocycles. The van der Waals surface area contributed by atoms with Crippen molar-refractivity contribution in [1.82, 2.24) is 9.78 Å². The minimum absolute atomic E-state index is 0.429. The van der Waals surface area contributed by atoms with Crippen LogP contribution in [0.25, 0.3) is 0 Å². The van der Waals surface area contributed by atoms with Gasteiger partial charge in [-0.2, -0.15) is 18.3 Å². The van der Waals surface area contributed by atoms with Crippen LogP contribution in [0, 0.1) is 13.8 Å². The zero-order chi connectivity index (χ0) is 12.5. The van der Waals surface area contributed by atoms with Gasteiger partial charge in [0.1, 0.15) is 0 Å². The number of nitrogens with zero attached hydrogens (tertiary/aromatic N) is 2. The van der Waals surface area contributed by atoms with Crippen LogP contribution in [-0.2, 0) is 13.0 Å². The van der Waals surface area contributed by atoms with E-state index in [0.29, 0.717) is 23.5 Å². The molecule has 1 aromatic rings. The lowest BCUT2D eigenvalue weighted by Gasteiger charge is -2.14. The van der Waals surface area contributed by atoms with Crippen LogP contribution in [0.4, 0.5) is 13.2 Å². The average Bonchev–Trinajstić information content (AvgIpc) is 2.43. The molecule has 0 bridgehead atoms. The van der Waals surface area contributed by atoms with Crippen molar-refractivity contribution in [3.05, 3.63) is 17.0 Å². The zero-order valence-corrected chi connectivity index (χ0v) is 9.47. The predicted octanol–water partition coefficient (Wildman–Crippen LogP) is 1.99. The van der Waals surface area contributed by atoms with Gasteiger partial charge < -0.3 is 5.11 Å². The highest BCUT2D eigenvalue weighted by atomic mass is 19.4. The van der Waals surface area contributed by atoms with E-state index in [4.69, 9.17) is 5.11 Å². The van der Waals surface area contributed by atoms with Crippen molar-refractivity contribution in [2.45, 2.75) is 46.0 Å². The highest BCUT2D eigenvalue weighted by Crippen LogP contribution is 2.25. The molecule has 6 heteroatoms. The number of alkyl halides is 3. The van der Waals surface area contributed by atoms with Crippen LogP contribution in [0.2, 0.25) is 0 Å². The Bertz CT molecular complexity index is 371. The standard InChI is InChI=1S/C10H15F3N2O/c1-4-15-7(3)8(6(2)14-15)5-9(16)10(11,12)13/h9,16H,4-5H2,1-3H3. The monoisotopic (exact) mass is 236 g/mol. The molecule has 0 aromatic carbocycles. The molecule has 0 saturated heterocycles. The SMILES string of the molecule is CCn1nc(C)c(CC(O)C(F)(F)F)c1C. The molecule has 0 fully saturated rings. The Balaban J connectivity index is 2.93. The third-order valence-corrected chi connectivity index (χ3v) is 2.61. The molecule has 1 rings (SSSR count). The van der Waals surface area contributed by atoms with E-state index in [2.05, 4.69) is 5.10 Å². The summed E-state index contributed by atoms with van der Waals surface area (Å²) in [6.07, 6.45) is -7.33. The van der Waals surface area contributed by atoms with Crippen molar-refractivity contribution in [2.24, 2.45) is 0 Å². The molecule has 1 atom stereocenters. The van der Waals surface area contributed by atoms with Gasteiger partial charge in [-0.25, -0.2) is 0 Å². The molecule has 0 radical (unpaired) electrons. The fourth-order valence-electron chi connectivity index (χ4n) is 1.65. The molecule has 0 aliphatic heterocycles. The first-order valence-corrected chi connectivity index (χ1v) is 5.05. The minimum atomic E-state index is -4.58. The summed E-state index contributed by atoms with van der Waals surface area (Å²) in [6.45, 7) is 5.83. The van der Waals surface area contributed by atoms with Gasteiger partial charge in [0, 0.05) is 18.7 Å². The van der Waals surface area contributed by atoms with E-state index in [-0.39, 0.29) is 0 Å². The van der Waals surface area contributed by atoms with Crippen LogP contribution in [0.1, 0.15) is 23.9 Å². The van der Waals surface area contributed by atoms with Gasteiger partial charge in [0.15, 0.2) is 6.10 Å². The average molecular weight is 236 g/mol. The maximum atomic E-state index is 12.2. The van der Waals surface area contributed by atoms with Crippen molar-refractivity contribution < 1.29 is 18.3 Å². The molecule has 1 unspecified atom stereocenters. The normalized spacial score (nSPS) is 14.2. The van der Waals surface area contributed by atoms with E-state index >= 15 is 0 Å². The molecule has 1 N–H and O–H groups in total. The van der Waals surface area contributed by atoms with Crippen molar-refractivity contribution >= 4 is 0 Å². The van der Waals surface area contributed by atoms with Crippen molar-refractivity contribution in [3.8, 4) is 0 Å². The topological polar surface area (TPSA) is 38.0 Å². The zero-order valence-electron chi connectivity index (χ0n) is 9.47. The van der Waals surface area contributed by atoms with E-state index < -0.39 is 18.7 Å². The van der Waals surface area contributed by atoms with Crippen LogP contribution in [-0.4, -0.2) is 27.2 Å². The lowest BCUT2D eigenvalue weighted by Crippen LogP contribution is -2.30. The number of aryl methyl sites for hydroxylation is 2. The summed E-state index contributed by atoms with van der Waals surface area (Å²) in [5.74, 6) is 0. The number of hydrogen-bond acceptors (Lipinski definition) is 2. The molecule has 0 aliphatic rings. The van der Waals surface area contributed by atoms with Crippen LogP contribution >= 0.6 is 0 Å². The van der Waals surface area contributed by atoms with E-state index in [9.17, 15) is 13.2 Å². The number of aliphatic hydroxyl groups excluding tert-OH is 1. The van der Waals surface area contributed by atoms with Crippen LogP contribution in [0.3, 0.4) is 0 Å². The van der Waals surface area contributed by atoms with E-state index in [1.165, 1.54) is 0 Å². The van der Waals surface area contributed by atoms with Crippen molar-refractivity contribution in [1.29, 1.82) is 0 Å². The molecular formula is C10H15F3N2O. The third kappa shape index (κ3) is 2.55. The molecule has 1 heterocycles. The molecule has 3 nitrogen and oxygen atoms in total. The summed E-state index contributed by atoms with van der Waals surface area (Å²) < 4.78 is 38.3. The van der Waals surface area contributed by atoms with Crippen LogP contribution < -0.4 is 0 Å². The van der Waals surface area contributed by atoms with Crippen molar-refractivity contribution in [3.63, 3.8) is 0 Å². The quantitative estimate of drug-likeness (QED) is 0.871. The van der Waals surface area contributed by atoms with Crippen molar-refractivity contribution in [2.75, 3.05) is 0 Å². The van der Waals surface area contributed by atoms with Gasteiger partial charge in [0.2, 0.25) is 0 Å². The van der Waals surface area contributed by atoms with Crippen LogP contribution in [0.15, 0.2) is 0 Å². The number of rotatable bonds is 3. The van der Waals surface area contributed by atoms with Gasteiger partial charge in [0.25, 0.3) is 0 Å². The highest BCUT2D eigenvalue weighted by Gasteiger charge is 2.38. The predicted molar refractivity (Wildman–Crippen MR) is 53.1 cm³/mol. The first-order chi connectivity index (χ1) is 7.27. The third-order valence-electron chi connectivity index (χ3n) is 2.61. The summed E-state index contributed by atoms with van der Waals surface area (Å²) in [4.78, 5) is 0. The lowest BCUT2D eigenvalue weighted by molar-refractivity contribution is -0.203. The van der Waals surface area contributed by atoms with Gasteiger partial charge in [-0.05, 0) is 26.3 Å². The van der Waals surface area contributed by atoms with Gasteiger partial charge in [-0.1, -0.05) is 0 Å². The van der Waals surface area contributed by atoms with E-state index in [0.717, 1.165) is 0 Å². The fourth-order valence-corrected chi connectivity index (χ4v) is 1.65. The smallest absolute Gasteiger partial charge is 0.383 e. The molecule has 0 spiro atoms. The second-order valence-electron chi connectivity index (χ2n) is 3.73.